The average Bonchev–Trinajstić information content (AvgIpc) is 3.17. The minimum absolute atomic E-state index is 0.0889. The van der Waals surface area contributed by atoms with Crippen molar-refractivity contribution in [2.75, 3.05) is 19.8 Å². The lowest BCUT2D eigenvalue weighted by molar-refractivity contribution is -0.163. The Balaban J connectivity index is 4.05. The summed E-state index contributed by atoms with van der Waals surface area (Å²) in [6.45, 7) is 7.79. The molecule has 0 amide bonds. The van der Waals surface area contributed by atoms with Crippen LogP contribution in [0.2, 0.25) is 0 Å². The van der Waals surface area contributed by atoms with Gasteiger partial charge < -0.3 is 14.2 Å². The van der Waals surface area contributed by atoms with Crippen molar-refractivity contribution in [3.63, 3.8) is 0 Å². The topological polar surface area (TPSA) is 61.8 Å². The monoisotopic (exact) mass is 761 g/mol. The molecule has 0 fully saturated rings. The summed E-state index contributed by atoms with van der Waals surface area (Å²) >= 11 is 0. The number of carbonyl (C=O) groups excluding carboxylic acids is 2. The fourth-order valence-corrected chi connectivity index (χ4v) is 6.89. The Morgan fingerprint density at radius 3 is 1.26 bits per heavy atom. The zero-order valence-corrected chi connectivity index (χ0v) is 36.5. The second kappa shape index (κ2) is 45.8. The summed E-state index contributed by atoms with van der Waals surface area (Å²) < 4.78 is 17.2. The van der Waals surface area contributed by atoms with E-state index in [4.69, 9.17) is 14.2 Å². The highest BCUT2D eigenvalue weighted by Crippen LogP contribution is 2.15. The van der Waals surface area contributed by atoms with Crippen LogP contribution in [0.4, 0.5) is 0 Å². The third kappa shape index (κ3) is 43.1. The van der Waals surface area contributed by atoms with Gasteiger partial charge >= 0.3 is 11.9 Å². The third-order valence-corrected chi connectivity index (χ3v) is 10.5. The van der Waals surface area contributed by atoms with E-state index in [1.54, 1.807) is 0 Å². The molecule has 5 heteroatoms. The normalized spacial score (nSPS) is 12.3. The first-order valence-electron chi connectivity index (χ1n) is 23.9. The minimum atomic E-state index is -0.526. The van der Waals surface area contributed by atoms with Gasteiger partial charge in [0.05, 0.1) is 6.61 Å². The maximum absolute atomic E-state index is 12.7. The summed E-state index contributed by atoms with van der Waals surface area (Å²) in [5, 5.41) is 0. The molecule has 0 aliphatic carbocycles. The zero-order valence-electron chi connectivity index (χ0n) is 36.5. The third-order valence-electron chi connectivity index (χ3n) is 10.5. The number of ether oxygens (including phenoxy) is 3. The van der Waals surface area contributed by atoms with Gasteiger partial charge in [0.15, 0.2) is 6.10 Å². The van der Waals surface area contributed by atoms with Gasteiger partial charge in [-0.25, -0.2) is 0 Å². The molecule has 0 bridgehead atoms. The molecule has 1 atom stereocenters. The van der Waals surface area contributed by atoms with Gasteiger partial charge in [-0.15, -0.1) is 0 Å². The summed E-state index contributed by atoms with van der Waals surface area (Å²) in [6, 6.07) is 0. The van der Waals surface area contributed by atoms with Gasteiger partial charge in [0.1, 0.15) is 6.61 Å². The summed E-state index contributed by atoms with van der Waals surface area (Å²) in [5.41, 5.74) is 0. The molecule has 0 aliphatic heterocycles. The first-order valence-corrected chi connectivity index (χ1v) is 23.9. The number of allylic oxidation sites excluding steroid dienone is 4. The van der Waals surface area contributed by atoms with E-state index in [1.807, 2.05) is 0 Å². The molecule has 54 heavy (non-hydrogen) atoms. The van der Waals surface area contributed by atoms with Crippen molar-refractivity contribution in [2.45, 2.75) is 258 Å². The summed E-state index contributed by atoms with van der Waals surface area (Å²) in [7, 11) is 0. The summed E-state index contributed by atoms with van der Waals surface area (Å²) in [6.07, 6.45) is 51.8. The number of rotatable bonds is 44. The van der Waals surface area contributed by atoms with E-state index in [-0.39, 0.29) is 18.5 Å². The van der Waals surface area contributed by atoms with Crippen LogP contribution in [0.3, 0.4) is 0 Å². The van der Waals surface area contributed by atoms with Crippen molar-refractivity contribution in [3.8, 4) is 0 Å². The van der Waals surface area contributed by atoms with Crippen LogP contribution in [-0.2, 0) is 23.8 Å². The molecule has 0 aromatic carbocycles. The first-order chi connectivity index (χ1) is 26.6. The molecule has 0 saturated carbocycles. The van der Waals surface area contributed by atoms with Crippen molar-refractivity contribution < 1.29 is 23.8 Å². The Bertz CT molecular complexity index is 821. The van der Waals surface area contributed by atoms with Crippen LogP contribution < -0.4 is 0 Å². The standard InChI is InChI=1S/C49H92O5/c1-4-7-10-13-16-18-20-22-23-24-25-26-27-29-30-32-34-36-39-42-48(50)53-46-47(45-52-44-41-38-15-12-9-6-3)54-49(51)43-40-37-35-33-31-28-21-19-17-14-11-8-5-2/h16,18,22-23,47H,4-15,17,19-21,24-46H2,1-3H3/b18-16-,23-22-. The molecular weight excluding hydrogens is 669 g/mol. The molecule has 0 spiro atoms. The molecule has 0 aromatic heterocycles. The fraction of sp³-hybridized carbons (Fsp3) is 0.878. The predicted octanol–water partition coefficient (Wildman–Crippen LogP) is 15.7. The van der Waals surface area contributed by atoms with Gasteiger partial charge in [-0.3, -0.25) is 9.59 Å². The van der Waals surface area contributed by atoms with Crippen LogP contribution in [-0.4, -0.2) is 37.9 Å². The van der Waals surface area contributed by atoms with Crippen molar-refractivity contribution >= 4 is 11.9 Å². The molecule has 318 valence electrons. The maximum Gasteiger partial charge on any atom is 0.306 e. The van der Waals surface area contributed by atoms with Crippen LogP contribution in [0.15, 0.2) is 24.3 Å². The molecule has 0 N–H and O–H groups in total. The van der Waals surface area contributed by atoms with Crippen molar-refractivity contribution in [1.29, 1.82) is 0 Å². The quantitative estimate of drug-likeness (QED) is 0.0352. The van der Waals surface area contributed by atoms with Crippen LogP contribution in [0.1, 0.15) is 252 Å². The Kier molecular flexibility index (Phi) is 44.4. The number of carbonyl (C=O) groups is 2. The van der Waals surface area contributed by atoms with Gasteiger partial charge in [-0.05, 0) is 51.4 Å². The Hall–Kier alpha value is -1.62. The van der Waals surface area contributed by atoms with Gasteiger partial charge in [0, 0.05) is 19.4 Å². The molecular formula is C49H92O5. The van der Waals surface area contributed by atoms with Gasteiger partial charge in [-0.2, -0.15) is 0 Å². The zero-order chi connectivity index (χ0) is 39.3. The van der Waals surface area contributed by atoms with Crippen LogP contribution >= 0.6 is 0 Å². The smallest absolute Gasteiger partial charge is 0.306 e. The van der Waals surface area contributed by atoms with E-state index >= 15 is 0 Å². The number of esters is 2. The first kappa shape index (κ1) is 52.4. The lowest BCUT2D eigenvalue weighted by atomic mass is 10.0. The number of unbranched alkanes of at least 4 members (excludes halogenated alkanes) is 29. The van der Waals surface area contributed by atoms with E-state index in [0.717, 1.165) is 44.9 Å². The van der Waals surface area contributed by atoms with E-state index < -0.39 is 6.10 Å². The predicted molar refractivity (Wildman–Crippen MR) is 233 cm³/mol. The summed E-state index contributed by atoms with van der Waals surface area (Å²) in [4.78, 5) is 25.2. The van der Waals surface area contributed by atoms with E-state index in [2.05, 4.69) is 45.1 Å². The molecule has 0 saturated heterocycles. The molecule has 0 aliphatic rings. The Labute approximate surface area is 337 Å². The average molecular weight is 761 g/mol. The van der Waals surface area contributed by atoms with Gasteiger partial charge in [0.25, 0.3) is 0 Å². The second-order valence-corrected chi connectivity index (χ2v) is 16.0. The highest BCUT2D eigenvalue weighted by Gasteiger charge is 2.17. The SMILES string of the molecule is CCCCC/C=C\C/C=C\CCCCCCCCCCCC(=O)OCC(COCCCCCCCC)OC(=O)CCCCCCCCCCCCCCC. The maximum atomic E-state index is 12.7. The summed E-state index contributed by atoms with van der Waals surface area (Å²) in [5.74, 6) is -0.393. The molecule has 5 nitrogen and oxygen atoms in total. The van der Waals surface area contributed by atoms with Gasteiger partial charge in [-0.1, -0.05) is 212 Å². The van der Waals surface area contributed by atoms with Crippen molar-refractivity contribution in [1.82, 2.24) is 0 Å². The second-order valence-electron chi connectivity index (χ2n) is 16.0. The molecule has 1 unspecified atom stereocenters. The van der Waals surface area contributed by atoms with Crippen LogP contribution in [0, 0.1) is 0 Å². The highest BCUT2D eigenvalue weighted by atomic mass is 16.6. The highest BCUT2D eigenvalue weighted by molar-refractivity contribution is 5.70. The molecule has 0 radical (unpaired) electrons. The number of hydrogen-bond acceptors (Lipinski definition) is 5. The molecule has 0 heterocycles. The van der Waals surface area contributed by atoms with Gasteiger partial charge in [0.2, 0.25) is 0 Å². The fourth-order valence-electron chi connectivity index (χ4n) is 6.89. The van der Waals surface area contributed by atoms with E-state index in [1.165, 1.54) is 173 Å². The lowest BCUT2D eigenvalue weighted by Crippen LogP contribution is -2.30. The number of hydrogen-bond donors (Lipinski definition) is 0. The Morgan fingerprint density at radius 2 is 0.778 bits per heavy atom. The Morgan fingerprint density at radius 1 is 0.407 bits per heavy atom. The molecule has 0 aromatic rings. The van der Waals surface area contributed by atoms with Crippen molar-refractivity contribution in [3.05, 3.63) is 24.3 Å². The van der Waals surface area contributed by atoms with Crippen LogP contribution in [0.5, 0.6) is 0 Å². The van der Waals surface area contributed by atoms with Crippen molar-refractivity contribution in [2.24, 2.45) is 0 Å². The largest absolute Gasteiger partial charge is 0.462 e. The van der Waals surface area contributed by atoms with E-state index in [0.29, 0.717) is 26.1 Å². The van der Waals surface area contributed by atoms with E-state index in [9.17, 15) is 9.59 Å². The molecule has 0 rings (SSSR count). The lowest BCUT2D eigenvalue weighted by Gasteiger charge is -2.18. The van der Waals surface area contributed by atoms with Crippen LogP contribution in [0.25, 0.3) is 0 Å². The minimum Gasteiger partial charge on any atom is -0.462 e.